The molecule has 0 saturated carbocycles. The number of hydrogen-bond acceptors (Lipinski definition) is 2. The van der Waals surface area contributed by atoms with E-state index in [1.807, 2.05) is 31.2 Å². The zero-order valence-corrected chi connectivity index (χ0v) is 12.3. The van der Waals surface area contributed by atoms with Crippen LogP contribution in [-0.4, -0.2) is 15.3 Å². The molecule has 0 radical (unpaired) electrons. The first-order chi connectivity index (χ1) is 10.0. The van der Waals surface area contributed by atoms with Gasteiger partial charge in [0.1, 0.15) is 5.82 Å². The van der Waals surface area contributed by atoms with Gasteiger partial charge in [-0.05, 0) is 35.7 Å². The Hall–Kier alpha value is -2.01. The summed E-state index contributed by atoms with van der Waals surface area (Å²) in [6.07, 6.45) is 0.915. The van der Waals surface area contributed by atoms with E-state index in [0.717, 1.165) is 30.2 Å². The predicted molar refractivity (Wildman–Crippen MR) is 79.3 cm³/mol. The summed E-state index contributed by atoms with van der Waals surface area (Å²) in [4.78, 5) is 10.8. The Morgan fingerprint density at radius 1 is 1.14 bits per heavy atom. The van der Waals surface area contributed by atoms with Crippen molar-refractivity contribution in [2.75, 3.05) is 0 Å². The van der Waals surface area contributed by atoms with Crippen LogP contribution in [0.5, 0.6) is 0 Å². The molecule has 0 heterocycles. The topological polar surface area (TPSA) is 54.4 Å². The van der Waals surface area contributed by atoms with E-state index in [2.05, 4.69) is 0 Å². The van der Waals surface area contributed by atoms with Crippen molar-refractivity contribution in [2.24, 2.45) is 0 Å². The SMILES string of the molecule is CCc1ccc(CS(=O)c2cc(C(=O)O)ccc2F)cc1. The van der Waals surface area contributed by atoms with E-state index in [-0.39, 0.29) is 16.2 Å². The van der Waals surface area contributed by atoms with E-state index in [0.29, 0.717) is 0 Å². The summed E-state index contributed by atoms with van der Waals surface area (Å²) >= 11 is 0. The molecule has 1 atom stereocenters. The molecule has 2 aromatic rings. The third-order valence-electron chi connectivity index (χ3n) is 3.15. The molecule has 0 saturated heterocycles. The molecule has 2 rings (SSSR count). The van der Waals surface area contributed by atoms with Crippen molar-refractivity contribution in [3.8, 4) is 0 Å². The van der Waals surface area contributed by atoms with Crippen LogP contribution >= 0.6 is 0 Å². The lowest BCUT2D eigenvalue weighted by atomic mass is 10.1. The summed E-state index contributed by atoms with van der Waals surface area (Å²) in [5.41, 5.74) is 1.93. The molecule has 0 aliphatic rings. The van der Waals surface area contributed by atoms with Crippen molar-refractivity contribution in [1.82, 2.24) is 0 Å². The Balaban J connectivity index is 2.23. The number of carboxylic acids is 1. The highest BCUT2D eigenvalue weighted by Crippen LogP contribution is 2.18. The average Bonchev–Trinajstić information content (AvgIpc) is 2.48. The second kappa shape index (κ2) is 6.63. The van der Waals surface area contributed by atoms with Crippen molar-refractivity contribution >= 4 is 16.8 Å². The van der Waals surface area contributed by atoms with Gasteiger partial charge in [-0.2, -0.15) is 0 Å². The smallest absolute Gasteiger partial charge is 0.335 e. The van der Waals surface area contributed by atoms with Crippen molar-refractivity contribution in [3.05, 3.63) is 65.0 Å². The average molecular weight is 306 g/mol. The number of halogens is 1. The van der Waals surface area contributed by atoms with Crippen LogP contribution in [0, 0.1) is 5.82 Å². The summed E-state index contributed by atoms with van der Waals surface area (Å²) in [5.74, 6) is -1.66. The molecule has 2 aromatic carbocycles. The summed E-state index contributed by atoms with van der Waals surface area (Å²) < 4.78 is 26.0. The second-order valence-electron chi connectivity index (χ2n) is 4.61. The summed E-state index contributed by atoms with van der Waals surface area (Å²) in [7, 11) is -1.62. The zero-order valence-electron chi connectivity index (χ0n) is 11.5. The van der Waals surface area contributed by atoms with E-state index < -0.39 is 22.6 Å². The van der Waals surface area contributed by atoms with Crippen LogP contribution in [0.15, 0.2) is 47.4 Å². The van der Waals surface area contributed by atoms with Gasteiger partial charge < -0.3 is 5.11 Å². The minimum atomic E-state index is -1.62. The molecule has 21 heavy (non-hydrogen) atoms. The van der Waals surface area contributed by atoms with Gasteiger partial charge in [0.15, 0.2) is 0 Å². The first kappa shape index (κ1) is 15.4. The molecule has 5 heteroatoms. The van der Waals surface area contributed by atoms with E-state index >= 15 is 0 Å². The number of aromatic carboxylic acids is 1. The molecule has 0 aliphatic carbocycles. The lowest BCUT2D eigenvalue weighted by molar-refractivity contribution is 0.0696. The van der Waals surface area contributed by atoms with Crippen LogP contribution in [-0.2, 0) is 23.0 Å². The van der Waals surface area contributed by atoms with Gasteiger partial charge in [0, 0.05) is 0 Å². The van der Waals surface area contributed by atoms with Crippen molar-refractivity contribution in [2.45, 2.75) is 24.0 Å². The minimum Gasteiger partial charge on any atom is -0.478 e. The van der Waals surface area contributed by atoms with Gasteiger partial charge in [-0.1, -0.05) is 31.2 Å². The Morgan fingerprint density at radius 3 is 2.33 bits per heavy atom. The maximum atomic E-state index is 13.7. The minimum absolute atomic E-state index is 0.0684. The van der Waals surface area contributed by atoms with Crippen LogP contribution < -0.4 is 0 Å². The lowest BCUT2D eigenvalue weighted by Crippen LogP contribution is -2.03. The fourth-order valence-electron chi connectivity index (χ4n) is 1.91. The van der Waals surface area contributed by atoms with Crippen LogP contribution in [0.25, 0.3) is 0 Å². The summed E-state index contributed by atoms with van der Waals surface area (Å²) in [6, 6.07) is 10.9. The number of aryl methyl sites for hydroxylation is 1. The van der Waals surface area contributed by atoms with E-state index in [4.69, 9.17) is 5.11 Å². The fourth-order valence-corrected chi connectivity index (χ4v) is 3.11. The largest absolute Gasteiger partial charge is 0.478 e. The fraction of sp³-hybridized carbons (Fsp3) is 0.188. The first-order valence-electron chi connectivity index (χ1n) is 6.50. The third-order valence-corrected chi connectivity index (χ3v) is 4.55. The van der Waals surface area contributed by atoms with Crippen LogP contribution in [0.1, 0.15) is 28.4 Å². The standard InChI is InChI=1S/C16H15FO3S/c1-2-11-3-5-12(6-4-11)10-21(20)15-9-13(16(18)19)7-8-14(15)17/h3-9H,2,10H2,1H3,(H,18,19). The molecular formula is C16H15FO3S. The molecule has 0 amide bonds. The number of carboxylic acid groups (broad SMARTS) is 1. The number of benzene rings is 2. The Morgan fingerprint density at radius 2 is 1.76 bits per heavy atom. The zero-order chi connectivity index (χ0) is 15.4. The third kappa shape index (κ3) is 3.76. The van der Waals surface area contributed by atoms with Gasteiger partial charge >= 0.3 is 5.97 Å². The first-order valence-corrected chi connectivity index (χ1v) is 7.82. The molecule has 0 fully saturated rings. The highest BCUT2D eigenvalue weighted by atomic mass is 32.2. The highest BCUT2D eigenvalue weighted by molar-refractivity contribution is 7.84. The maximum absolute atomic E-state index is 13.7. The quantitative estimate of drug-likeness (QED) is 0.921. The van der Waals surface area contributed by atoms with E-state index in [9.17, 15) is 13.4 Å². The van der Waals surface area contributed by atoms with Gasteiger partial charge in [-0.25, -0.2) is 9.18 Å². The molecule has 1 N–H and O–H groups in total. The molecule has 1 unspecified atom stereocenters. The van der Waals surface area contributed by atoms with Gasteiger partial charge in [0.2, 0.25) is 0 Å². The van der Waals surface area contributed by atoms with Gasteiger partial charge in [-0.15, -0.1) is 0 Å². The van der Waals surface area contributed by atoms with Gasteiger partial charge in [0.05, 0.1) is 27.0 Å². The monoisotopic (exact) mass is 306 g/mol. The van der Waals surface area contributed by atoms with Crippen LogP contribution in [0.3, 0.4) is 0 Å². The molecule has 110 valence electrons. The number of hydrogen-bond donors (Lipinski definition) is 1. The molecule has 3 nitrogen and oxygen atoms in total. The molecular weight excluding hydrogens is 291 g/mol. The Kier molecular flexibility index (Phi) is 4.85. The molecule has 0 bridgehead atoms. The highest BCUT2D eigenvalue weighted by Gasteiger charge is 2.14. The lowest BCUT2D eigenvalue weighted by Gasteiger charge is -2.06. The van der Waals surface area contributed by atoms with Gasteiger partial charge in [-0.3, -0.25) is 4.21 Å². The van der Waals surface area contributed by atoms with Crippen molar-refractivity contribution in [3.63, 3.8) is 0 Å². The molecule has 0 aliphatic heterocycles. The van der Waals surface area contributed by atoms with E-state index in [1.54, 1.807) is 0 Å². The van der Waals surface area contributed by atoms with Crippen LogP contribution in [0.4, 0.5) is 4.39 Å². The Bertz CT molecular complexity index is 680. The van der Waals surface area contributed by atoms with Crippen LogP contribution in [0.2, 0.25) is 0 Å². The summed E-state index contributed by atoms with van der Waals surface area (Å²) in [6.45, 7) is 2.04. The second-order valence-corrected chi connectivity index (χ2v) is 6.03. The predicted octanol–water partition coefficient (Wildman–Crippen LogP) is 3.39. The van der Waals surface area contributed by atoms with Crippen molar-refractivity contribution in [1.29, 1.82) is 0 Å². The van der Waals surface area contributed by atoms with Crippen molar-refractivity contribution < 1.29 is 18.5 Å². The summed E-state index contributed by atoms with van der Waals surface area (Å²) in [5, 5.41) is 8.91. The van der Waals surface area contributed by atoms with E-state index in [1.165, 1.54) is 5.56 Å². The molecule has 0 aromatic heterocycles. The Labute approximate surface area is 124 Å². The normalized spacial score (nSPS) is 12.1. The number of carbonyl (C=O) groups is 1. The molecule has 0 spiro atoms. The van der Waals surface area contributed by atoms with Gasteiger partial charge in [0.25, 0.3) is 0 Å². The number of rotatable bonds is 5. The maximum Gasteiger partial charge on any atom is 0.335 e.